The summed E-state index contributed by atoms with van der Waals surface area (Å²) in [4.78, 5) is 12.5. The molecular formula is C17H18N4O2. The van der Waals surface area contributed by atoms with Crippen molar-refractivity contribution in [1.82, 2.24) is 15.1 Å². The molecule has 1 amide bonds. The number of nitrogens with one attached hydrogen (secondary N) is 1. The highest BCUT2D eigenvalue weighted by Gasteiger charge is 2.26. The number of hydrogen-bond donors (Lipinski definition) is 1. The summed E-state index contributed by atoms with van der Waals surface area (Å²) in [5.74, 6) is 0.0289. The number of aryl methyl sites for hydroxylation is 1. The lowest BCUT2D eigenvalue weighted by Gasteiger charge is -2.08. The molecule has 3 rings (SSSR count). The second-order valence-electron chi connectivity index (χ2n) is 5.66. The predicted octanol–water partition coefficient (Wildman–Crippen LogP) is 1.73. The van der Waals surface area contributed by atoms with E-state index in [-0.39, 0.29) is 11.8 Å². The zero-order chi connectivity index (χ0) is 16.2. The van der Waals surface area contributed by atoms with Crippen LogP contribution in [0.4, 0.5) is 0 Å². The van der Waals surface area contributed by atoms with E-state index in [1.54, 1.807) is 23.0 Å². The van der Waals surface area contributed by atoms with E-state index in [1.807, 2.05) is 19.2 Å². The third-order valence-corrected chi connectivity index (χ3v) is 3.93. The molecule has 1 aromatic carbocycles. The number of carbonyl (C=O) groups excluding carboxylic acids is 1. The Bertz CT molecular complexity index is 754. The van der Waals surface area contributed by atoms with Gasteiger partial charge in [0.05, 0.1) is 29.5 Å². The minimum absolute atomic E-state index is 0.151. The molecule has 0 unspecified atom stereocenters. The number of aromatic nitrogens is 2. The standard InChI is InChI=1S/C17H18N4O2/c1-21-10-15(16(20-21)14-5-6-23-11-14)17(22)19-9-13-4-2-3-12(7-13)8-18/h2-4,7,10,14H,5-6,9,11H2,1H3,(H,19,22)/t14-/m0/s1. The zero-order valence-electron chi connectivity index (χ0n) is 13.0. The summed E-state index contributed by atoms with van der Waals surface area (Å²) in [5, 5.41) is 16.2. The summed E-state index contributed by atoms with van der Waals surface area (Å²) in [6.07, 6.45) is 2.64. The van der Waals surface area contributed by atoms with Crippen molar-refractivity contribution >= 4 is 5.91 Å². The van der Waals surface area contributed by atoms with Crippen molar-refractivity contribution in [2.75, 3.05) is 13.2 Å². The van der Waals surface area contributed by atoms with Crippen LogP contribution < -0.4 is 5.32 Å². The van der Waals surface area contributed by atoms with Crippen LogP contribution in [0.5, 0.6) is 0 Å². The van der Waals surface area contributed by atoms with Gasteiger partial charge >= 0.3 is 0 Å². The summed E-state index contributed by atoms with van der Waals surface area (Å²) in [7, 11) is 1.81. The number of benzene rings is 1. The zero-order valence-corrected chi connectivity index (χ0v) is 13.0. The van der Waals surface area contributed by atoms with E-state index in [9.17, 15) is 4.79 Å². The van der Waals surface area contributed by atoms with Crippen LogP contribution in [0.2, 0.25) is 0 Å². The first kappa shape index (κ1) is 15.3. The molecule has 1 fully saturated rings. The van der Waals surface area contributed by atoms with Gasteiger partial charge < -0.3 is 10.1 Å². The van der Waals surface area contributed by atoms with Gasteiger partial charge in [0.15, 0.2) is 0 Å². The molecule has 1 saturated heterocycles. The minimum Gasteiger partial charge on any atom is -0.381 e. The molecule has 6 nitrogen and oxygen atoms in total. The number of hydrogen-bond acceptors (Lipinski definition) is 4. The smallest absolute Gasteiger partial charge is 0.255 e. The van der Waals surface area contributed by atoms with Crippen molar-refractivity contribution in [3.8, 4) is 6.07 Å². The van der Waals surface area contributed by atoms with Gasteiger partial charge in [-0.2, -0.15) is 10.4 Å². The Morgan fingerprint density at radius 1 is 1.57 bits per heavy atom. The lowest BCUT2D eigenvalue weighted by Crippen LogP contribution is -2.24. The van der Waals surface area contributed by atoms with Gasteiger partial charge in [-0.25, -0.2) is 0 Å². The summed E-state index contributed by atoms with van der Waals surface area (Å²) in [5.41, 5.74) is 2.88. The van der Waals surface area contributed by atoms with Crippen LogP contribution in [0.1, 0.15) is 39.5 Å². The van der Waals surface area contributed by atoms with Crippen LogP contribution >= 0.6 is 0 Å². The van der Waals surface area contributed by atoms with Crippen molar-refractivity contribution in [3.05, 3.63) is 52.8 Å². The summed E-state index contributed by atoms with van der Waals surface area (Å²) in [6, 6.07) is 9.31. The van der Waals surface area contributed by atoms with Crippen LogP contribution in [0.15, 0.2) is 30.5 Å². The molecule has 6 heteroatoms. The van der Waals surface area contributed by atoms with Gasteiger partial charge in [-0.15, -0.1) is 0 Å². The second-order valence-corrected chi connectivity index (χ2v) is 5.66. The maximum Gasteiger partial charge on any atom is 0.255 e. The molecule has 2 heterocycles. The third-order valence-electron chi connectivity index (χ3n) is 3.93. The van der Waals surface area contributed by atoms with Gasteiger partial charge in [0.25, 0.3) is 5.91 Å². The molecule has 1 atom stereocenters. The molecule has 0 aliphatic carbocycles. The Kier molecular flexibility index (Phi) is 4.40. The highest BCUT2D eigenvalue weighted by molar-refractivity contribution is 5.95. The van der Waals surface area contributed by atoms with Crippen molar-refractivity contribution in [2.24, 2.45) is 7.05 Å². The highest BCUT2D eigenvalue weighted by atomic mass is 16.5. The fraction of sp³-hybridized carbons (Fsp3) is 0.353. The molecular weight excluding hydrogens is 292 g/mol. The number of amides is 1. The maximum absolute atomic E-state index is 12.5. The highest BCUT2D eigenvalue weighted by Crippen LogP contribution is 2.26. The van der Waals surface area contributed by atoms with Gasteiger partial charge in [0, 0.05) is 32.3 Å². The lowest BCUT2D eigenvalue weighted by atomic mass is 10.0. The van der Waals surface area contributed by atoms with Gasteiger partial charge in [-0.05, 0) is 24.1 Å². The monoisotopic (exact) mass is 310 g/mol. The van der Waals surface area contributed by atoms with Crippen molar-refractivity contribution in [1.29, 1.82) is 5.26 Å². The lowest BCUT2D eigenvalue weighted by molar-refractivity contribution is 0.0949. The van der Waals surface area contributed by atoms with Gasteiger partial charge in [-0.1, -0.05) is 12.1 Å². The van der Waals surface area contributed by atoms with Crippen molar-refractivity contribution < 1.29 is 9.53 Å². The molecule has 1 aromatic heterocycles. The molecule has 0 saturated carbocycles. The minimum atomic E-state index is -0.151. The first-order valence-corrected chi connectivity index (χ1v) is 7.56. The Labute approximate surface area is 134 Å². The normalized spacial score (nSPS) is 17.0. The number of ether oxygens (including phenoxy) is 1. The first-order chi connectivity index (χ1) is 11.2. The van der Waals surface area contributed by atoms with E-state index in [0.717, 1.165) is 17.7 Å². The second kappa shape index (κ2) is 6.63. The maximum atomic E-state index is 12.5. The fourth-order valence-electron chi connectivity index (χ4n) is 2.76. The largest absolute Gasteiger partial charge is 0.381 e. The first-order valence-electron chi connectivity index (χ1n) is 7.56. The van der Waals surface area contributed by atoms with Crippen LogP contribution in [-0.4, -0.2) is 28.9 Å². The van der Waals surface area contributed by atoms with Crippen LogP contribution in [0.25, 0.3) is 0 Å². The average molecular weight is 310 g/mol. The number of nitriles is 1. The molecule has 1 N–H and O–H groups in total. The van der Waals surface area contributed by atoms with Gasteiger partial charge in [-0.3, -0.25) is 9.48 Å². The summed E-state index contributed by atoms with van der Waals surface area (Å²) < 4.78 is 7.06. The van der Waals surface area contributed by atoms with Gasteiger partial charge in [0.2, 0.25) is 0 Å². The van der Waals surface area contributed by atoms with E-state index < -0.39 is 0 Å². The topological polar surface area (TPSA) is 79.9 Å². The fourth-order valence-corrected chi connectivity index (χ4v) is 2.76. The quantitative estimate of drug-likeness (QED) is 0.932. The van der Waals surface area contributed by atoms with Crippen LogP contribution in [0.3, 0.4) is 0 Å². The van der Waals surface area contributed by atoms with E-state index in [0.29, 0.717) is 30.9 Å². The molecule has 0 bridgehead atoms. The molecule has 1 aliphatic heterocycles. The Morgan fingerprint density at radius 2 is 2.43 bits per heavy atom. The molecule has 23 heavy (non-hydrogen) atoms. The molecule has 0 spiro atoms. The molecule has 1 aliphatic rings. The van der Waals surface area contributed by atoms with Crippen molar-refractivity contribution in [3.63, 3.8) is 0 Å². The van der Waals surface area contributed by atoms with E-state index in [2.05, 4.69) is 16.5 Å². The van der Waals surface area contributed by atoms with E-state index in [1.165, 1.54) is 0 Å². The number of carbonyl (C=O) groups is 1. The molecule has 0 radical (unpaired) electrons. The predicted molar refractivity (Wildman–Crippen MR) is 83.7 cm³/mol. The summed E-state index contributed by atoms with van der Waals surface area (Å²) >= 11 is 0. The van der Waals surface area contributed by atoms with Crippen LogP contribution in [0, 0.1) is 11.3 Å². The Morgan fingerprint density at radius 3 is 3.17 bits per heavy atom. The summed E-state index contributed by atoms with van der Waals surface area (Å²) in [6.45, 7) is 1.70. The SMILES string of the molecule is Cn1cc(C(=O)NCc2cccc(C#N)c2)c([C@H]2CCOC2)n1. The van der Waals surface area contributed by atoms with Crippen LogP contribution in [-0.2, 0) is 18.3 Å². The Hall–Kier alpha value is -2.65. The number of nitrogens with zero attached hydrogens (tertiary/aromatic N) is 3. The number of rotatable bonds is 4. The van der Waals surface area contributed by atoms with Gasteiger partial charge in [0.1, 0.15) is 0 Å². The van der Waals surface area contributed by atoms with Crippen molar-refractivity contribution in [2.45, 2.75) is 18.9 Å². The molecule has 118 valence electrons. The van der Waals surface area contributed by atoms with E-state index in [4.69, 9.17) is 10.00 Å². The third kappa shape index (κ3) is 3.41. The van der Waals surface area contributed by atoms with E-state index >= 15 is 0 Å². The molecule has 2 aromatic rings. The Balaban J connectivity index is 1.72. The average Bonchev–Trinajstić information content (AvgIpc) is 3.22.